The maximum Gasteiger partial charge on any atom is 0.180 e. The number of hydrogen-bond donors (Lipinski definition) is 2. The molecule has 112 valence electrons. The molecule has 0 amide bonds. The van der Waals surface area contributed by atoms with Crippen LogP contribution in [-0.2, 0) is 9.84 Å². The van der Waals surface area contributed by atoms with Crippen molar-refractivity contribution in [2.45, 2.75) is 44.0 Å². The molecule has 1 fully saturated rings. The number of Topliss-reactive ketones (excluding diaryl/α,β-unsaturated/α-hetero) is 1. The number of anilines is 2. The molecule has 2 rings (SSSR count). The Morgan fingerprint density at radius 2 is 2.00 bits per heavy atom. The molecule has 3 N–H and O–H groups in total. The summed E-state index contributed by atoms with van der Waals surface area (Å²) in [5.41, 5.74) is 6.03. The summed E-state index contributed by atoms with van der Waals surface area (Å²) in [6, 6.07) is 0.288. The Kier molecular flexibility index (Phi) is 4.11. The predicted molar refractivity (Wildman–Crippen MR) is 82.3 cm³/mol. The lowest BCUT2D eigenvalue weighted by atomic mass is 9.93. The Hall–Kier alpha value is -1.08. The summed E-state index contributed by atoms with van der Waals surface area (Å²) in [6.45, 7) is 3.56. The van der Waals surface area contributed by atoms with Crippen LogP contribution < -0.4 is 11.1 Å². The van der Waals surface area contributed by atoms with E-state index in [1.54, 1.807) is 13.8 Å². The average Bonchev–Trinajstić information content (AvgIpc) is 2.59. The third kappa shape index (κ3) is 2.83. The molecule has 0 unspecified atom stereocenters. The maximum absolute atomic E-state index is 12.1. The number of hydrogen-bond acceptors (Lipinski definition) is 6. The van der Waals surface area contributed by atoms with Crippen LogP contribution in [0.4, 0.5) is 10.7 Å². The molecule has 20 heavy (non-hydrogen) atoms. The van der Waals surface area contributed by atoms with E-state index in [2.05, 4.69) is 5.32 Å². The summed E-state index contributed by atoms with van der Waals surface area (Å²) < 4.78 is 23.9. The van der Waals surface area contributed by atoms with Gasteiger partial charge in [0.15, 0.2) is 15.6 Å². The van der Waals surface area contributed by atoms with Crippen LogP contribution in [0.5, 0.6) is 0 Å². The fourth-order valence-corrected chi connectivity index (χ4v) is 4.80. The van der Waals surface area contributed by atoms with E-state index < -0.39 is 9.84 Å². The number of sulfone groups is 1. The number of carbonyl (C=O) groups excluding carboxylic acids is 1. The number of carbonyl (C=O) groups is 1. The molecule has 0 spiro atoms. The third-order valence-corrected chi connectivity index (χ3v) is 5.91. The summed E-state index contributed by atoms with van der Waals surface area (Å²) in [7, 11) is -3.46. The van der Waals surface area contributed by atoms with Gasteiger partial charge in [-0.1, -0.05) is 13.8 Å². The molecule has 0 bridgehead atoms. The minimum atomic E-state index is -3.46. The second-order valence-corrected chi connectivity index (χ2v) is 8.54. The third-order valence-electron chi connectivity index (χ3n) is 3.46. The summed E-state index contributed by atoms with van der Waals surface area (Å²) in [5, 5.41) is 3.73. The smallest absolute Gasteiger partial charge is 0.180 e. The van der Waals surface area contributed by atoms with Crippen molar-refractivity contribution >= 4 is 37.6 Å². The number of nitrogen functional groups attached to an aromatic ring is 1. The minimum Gasteiger partial charge on any atom is -0.396 e. The monoisotopic (exact) mass is 316 g/mol. The number of nitrogens with one attached hydrogen (secondary N) is 1. The molecule has 1 aromatic heterocycles. The zero-order valence-corrected chi connectivity index (χ0v) is 13.5. The van der Waals surface area contributed by atoms with E-state index in [-0.39, 0.29) is 28.3 Å². The van der Waals surface area contributed by atoms with Gasteiger partial charge in [-0.05, 0) is 19.3 Å². The van der Waals surface area contributed by atoms with Gasteiger partial charge in [-0.2, -0.15) is 0 Å². The maximum atomic E-state index is 12.1. The van der Waals surface area contributed by atoms with Crippen molar-refractivity contribution in [3.05, 3.63) is 4.88 Å². The van der Waals surface area contributed by atoms with Crippen molar-refractivity contribution in [3.63, 3.8) is 0 Å². The van der Waals surface area contributed by atoms with Gasteiger partial charge in [0, 0.05) is 18.2 Å². The second kappa shape index (κ2) is 5.37. The Morgan fingerprint density at radius 1 is 1.40 bits per heavy atom. The zero-order chi connectivity index (χ0) is 15.1. The average molecular weight is 316 g/mol. The lowest BCUT2D eigenvalue weighted by molar-refractivity contribution is 0.0944. The molecular weight excluding hydrogens is 296 g/mol. The van der Waals surface area contributed by atoms with Crippen LogP contribution >= 0.6 is 11.3 Å². The number of rotatable bonds is 5. The Labute approximate surface area is 123 Å². The van der Waals surface area contributed by atoms with Gasteiger partial charge in [0.05, 0.1) is 10.6 Å². The summed E-state index contributed by atoms with van der Waals surface area (Å²) in [4.78, 5) is 12.6. The molecule has 1 aromatic rings. The molecule has 0 saturated heterocycles. The fourth-order valence-electron chi connectivity index (χ4n) is 2.08. The van der Waals surface area contributed by atoms with E-state index in [4.69, 9.17) is 5.73 Å². The first-order valence-electron chi connectivity index (χ1n) is 6.65. The van der Waals surface area contributed by atoms with Crippen molar-refractivity contribution in [1.82, 2.24) is 0 Å². The highest BCUT2D eigenvalue weighted by Gasteiger charge is 2.30. The van der Waals surface area contributed by atoms with Gasteiger partial charge in [0.2, 0.25) is 0 Å². The van der Waals surface area contributed by atoms with E-state index in [9.17, 15) is 13.2 Å². The molecule has 0 aromatic carbocycles. The van der Waals surface area contributed by atoms with E-state index in [1.165, 1.54) is 0 Å². The molecule has 1 saturated carbocycles. The Bertz CT molecular complexity index is 628. The molecular formula is C13H20N2O3S2. The zero-order valence-electron chi connectivity index (χ0n) is 11.9. The van der Waals surface area contributed by atoms with Gasteiger partial charge in [-0.3, -0.25) is 4.79 Å². The van der Waals surface area contributed by atoms with Gasteiger partial charge in [0.1, 0.15) is 9.90 Å². The summed E-state index contributed by atoms with van der Waals surface area (Å²) in [6.07, 6.45) is 4.31. The highest BCUT2D eigenvalue weighted by molar-refractivity contribution is 7.91. The minimum absolute atomic E-state index is 0.0819. The van der Waals surface area contributed by atoms with Crippen LogP contribution in [0.1, 0.15) is 42.8 Å². The Balaban J connectivity index is 2.48. The van der Waals surface area contributed by atoms with Crippen molar-refractivity contribution in [1.29, 1.82) is 0 Å². The van der Waals surface area contributed by atoms with Crippen molar-refractivity contribution in [2.75, 3.05) is 17.3 Å². The SMILES string of the molecule is CC(C)C(=O)c1sc(NC2CCC2)c(S(C)(=O)=O)c1N. The summed E-state index contributed by atoms with van der Waals surface area (Å²) >= 11 is 1.16. The van der Waals surface area contributed by atoms with Gasteiger partial charge in [-0.15, -0.1) is 11.3 Å². The number of thiophene rings is 1. The lowest BCUT2D eigenvalue weighted by Crippen LogP contribution is -2.27. The first-order chi connectivity index (χ1) is 9.21. The van der Waals surface area contributed by atoms with Crippen LogP contribution in [0.15, 0.2) is 4.90 Å². The van der Waals surface area contributed by atoms with Gasteiger partial charge < -0.3 is 11.1 Å². The topological polar surface area (TPSA) is 89.3 Å². The van der Waals surface area contributed by atoms with E-state index in [1.807, 2.05) is 0 Å². The highest BCUT2D eigenvalue weighted by atomic mass is 32.2. The molecule has 1 heterocycles. The second-order valence-electron chi connectivity index (χ2n) is 5.57. The van der Waals surface area contributed by atoms with E-state index in [0.29, 0.717) is 9.88 Å². The van der Waals surface area contributed by atoms with Gasteiger partial charge in [0.25, 0.3) is 0 Å². The van der Waals surface area contributed by atoms with E-state index >= 15 is 0 Å². The predicted octanol–water partition coefficient (Wildman–Crippen LogP) is 2.54. The largest absolute Gasteiger partial charge is 0.396 e. The molecule has 0 atom stereocenters. The molecule has 1 aliphatic carbocycles. The highest BCUT2D eigenvalue weighted by Crippen LogP contribution is 2.41. The summed E-state index contributed by atoms with van der Waals surface area (Å²) in [5.74, 6) is -0.320. The van der Waals surface area contributed by atoms with Crippen molar-refractivity contribution in [2.24, 2.45) is 5.92 Å². The first-order valence-corrected chi connectivity index (χ1v) is 9.35. The van der Waals surface area contributed by atoms with Crippen LogP contribution in [-0.4, -0.2) is 26.5 Å². The molecule has 1 aliphatic rings. The van der Waals surface area contributed by atoms with Crippen LogP contribution in [0.25, 0.3) is 0 Å². The first kappa shape index (κ1) is 15.3. The van der Waals surface area contributed by atoms with Crippen LogP contribution in [0.3, 0.4) is 0 Å². The standard InChI is InChI=1S/C13H20N2O3S2/c1-7(2)10(16)11-9(14)12(20(3,17)18)13(19-11)15-8-5-4-6-8/h7-8,15H,4-6,14H2,1-3H3. The number of nitrogens with two attached hydrogens (primary N) is 1. The van der Waals surface area contributed by atoms with Gasteiger partial charge >= 0.3 is 0 Å². The molecule has 0 radical (unpaired) electrons. The quantitative estimate of drug-likeness (QED) is 0.815. The molecule has 5 nitrogen and oxygen atoms in total. The lowest BCUT2D eigenvalue weighted by Gasteiger charge is -2.27. The van der Waals surface area contributed by atoms with Crippen molar-refractivity contribution in [3.8, 4) is 0 Å². The van der Waals surface area contributed by atoms with E-state index in [0.717, 1.165) is 36.9 Å². The Morgan fingerprint density at radius 3 is 2.40 bits per heavy atom. The number of ketones is 1. The van der Waals surface area contributed by atoms with Crippen LogP contribution in [0.2, 0.25) is 0 Å². The molecule has 7 heteroatoms. The van der Waals surface area contributed by atoms with Crippen LogP contribution in [0, 0.1) is 5.92 Å². The van der Waals surface area contributed by atoms with Crippen molar-refractivity contribution < 1.29 is 13.2 Å². The normalized spacial score (nSPS) is 16.2. The van der Waals surface area contributed by atoms with Gasteiger partial charge in [-0.25, -0.2) is 8.42 Å². The fraction of sp³-hybridized carbons (Fsp3) is 0.615. The molecule has 0 aliphatic heterocycles.